The molecule has 0 bridgehead atoms. The third kappa shape index (κ3) is 3.70. The summed E-state index contributed by atoms with van der Waals surface area (Å²) < 4.78 is 0. The lowest BCUT2D eigenvalue weighted by atomic mass is 9.92. The lowest BCUT2D eigenvalue weighted by Crippen LogP contribution is -2.49. The van der Waals surface area contributed by atoms with Gasteiger partial charge in [-0.25, -0.2) is 4.79 Å². The average molecular weight is 233 g/mol. The van der Waals surface area contributed by atoms with Gasteiger partial charge in [-0.2, -0.15) is 0 Å². The summed E-state index contributed by atoms with van der Waals surface area (Å²) in [5.74, 6) is 0.369. The van der Waals surface area contributed by atoms with Crippen molar-refractivity contribution in [2.75, 3.05) is 19.0 Å². The smallest absolute Gasteiger partial charge is 0.324 e. The Morgan fingerprint density at radius 3 is 2.33 bits per heavy atom. The molecule has 0 aromatic heterocycles. The van der Waals surface area contributed by atoms with Gasteiger partial charge in [-0.3, -0.25) is 10.1 Å². The Morgan fingerprint density at radius 1 is 1.33 bits per heavy atom. The molecule has 15 heavy (non-hydrogen) atoms. The summed E-state index contributed by atoms with van der Waals surface area (Å²) in [6.45, 7) is 5.65. The van der Waals surface area contributed by atoms with Crippen LogP contribution in [0.25, 0.3) is 0 Å². The Labute approximate surface area is 95.0 Å². The molecule has 1 aliphatic rings. The highest BCUT2D eigenvalue weighted by Crippen LogP contribution is 2.20. The number of nitrogens with one attached hydrogen (secondary N) is 1. The average Bonchev–Trinajstić information content (AvgIpc) is 2.16. The number of rotatable bonds is 1. The molecular formula is C10H17ClN2O2. The minimum absolute atomic E-state index is 0.176. The number of nitrogens with zero attached hydrogens (tertiary/aromatic N) is 1. The molecule has 0 aromatic carbocycles. The minimum Gasteiger partial charge on any atom is -0.324 e. The molecule has 2 atom stereocenters. The van der Waals surface area contributed by atoms with Crippen molar-refractivity contribution >= 4 is 23.5 Å². The van der Waals surface area contributed by atoms with Gasteiger partial charge in [0.05, 0.1) is 0 Å². The molecule has 86 valence electrons. The van der Waals surface area contributed by atoms with Crippen LogP contribution in [0.1, 0.15) is 20.3 Å². The van der Waals surface area contributed by atoms with E-state index < -0.39 is 5.91 Å². The molecule has 0 aromatic rings. The van der Waals surface area contributed by atoms with Crippen LogP contribution < -0.4 is 5.32 Å². The first-order valence-corrected chi connectivity index (χ1v) is 5.71. The summed E-state index contributed by atoms with van der Waals surface area (Å²) in [4.78, 5) is 24.2. The molecular weight excluding hydrogens is 216 g/mol. The predicted octanol–water partition coefficient (Wildman–Crippen LogP) is 1.44. The van der Waals surface area contributed by atoms with Crippen LogP contribution in [0.15, 0.2) is 0 Å². The van der Waals surface area contributed by atoms with Crippen LogP contribution in [0.3, 0.4) is 0 Å². The number of hydrogen-bond acceptors (Lipinski definition) is 2. The van der Waals surface area contributed by atoms with E-state index in [9.17, 15) is 9.59 Å². The standard InChI is InChI=1S/C10H17ClN2O2/c1-7-3-8(2)6-13(5-7)10(15)12-9(14)4-11/h7-8H,3-6H2,1-2H3,(H,12,14,15). The number of urea groups is 1. The van der Waals surface area contributed by atoms with Gasteiger partial charge in [0.1, 0.15) is 5.88 Å². The summed E-state index contributed by atoms with van der Waals surface area (Å²) in [5, 5.41) is 2.26. The topological polar surface area (TPSA) is 49.4 Å². The molecule has 0 saturated carbocycles. The van der Waals surface area contributed by atoms with Crippen molar-refractivity contribution in [1.29, 1.82) is 0 Å². The summed E-state index contributed by atoms with van der Waals surface area (Å²) >= 11 is 5.31. The van der Waals surface area contributed by atoms with Gasteiger partial charge in [0.15, 0.2) is 0 Å². The number of hydrogen-bond donors (Lipinski definition) is 1. The number of carbonyl (C=O) groups is 2. The molecule has 4 nitrogen and oxygen atoms in total. The fourth-order valence-corrected chi connectivity index (χ4v) is 2.13. The number of piperidine rings is 1. The van der Waals surface area contributed by atoms with Gasteiger partial charge >= 0.3 is 6.03 Å². The van der Waals surface area contributed by atoms with E-state index in [0.29, 0.717) is 24.9 Å². The second kappa shape index (κ2) is 5.35. The Morgan fingerprint density at radius 2 is 1.87 bits per heavy atom. The Hall–Kier alpha value is -0.770. The van der Waals surface area contributed by atoms with E-state index >= 15 is 0 Å². The van der Waals surface area contributed by atoms with Crippen molar-refractivity contribution in [2.45, 2.75) is 20.3 Å². The van der Waals surface area contributed by atoms with E-state index in [1.54, 1.807) is 4.90 Å². The zero-order chi connectivity index (χ0) is 11.4. The van der Waals surface area contributed by atoms with Gasteiger partial charge in [0.25, 0.3) is 0 Å². The third-order valence-electron chi connectivity index (χ3n) is 2.52. The second-order valence-electron chi connectivity index (χ2n) is 4.34. The normalized spacial score (nSPS) is 26.2. The minimum atomic E-state index is -0.437. The zero-order valence-corrected chi connectivity index (χ0v) is 9.88. The maximum Gasteiger partial charge on any atom is 0.324 e. The van der Waals surface area contributed by atoms with Crippen LogP contribution in [0.5, 0.6) is 0 Å². The summed E-state index contributed by atoms with van der Waals surface area (Å²) in [6.07, 6.45) is 1.13. The number of carbonyl (C=O) groups excluding carboxylic acids is 2. The van der Waals surface area contributed by atoms with Crippen molar-refractivity contribution in [3.63, 3.8) is 0 Å². The van der Waals surface area contributed by atoms with E-state index in [0.717, 1.165) is 6.42 Å². The van der Waals surface area contributed by atoms with Crippen LogP contribution in [0, 0.1) is 11.8 Å². The first-order chi connectivity index (χ1) is 7.02. The van der Waals surface area contributed by atoms with Crippen LogP contribution in [-0.4, -0.2) is 35.8 Å². The van der Waals surface area contributed by atoms with Crippen LogP contribution >= 0.6 is 11.6 Å². The predicted molar refractivity (Wildman–Crippen MR) is 58.8 cm³/mol. The van der Waals surface area contributed by atoms with E-state index in [1.807, 2.05) is 0 Å². The van der Waals surface area contributed by atoms with Crippen molar-refractivity contribution in [2.24, 2.45) is 11.8 Å². The fraction of sp³-hybridized carbons (Fsp3) is 0.800. The highest BCUT2D eigenvalue weighted by Gasteiger charge is 2.25. The lowest BCUT2D eigenvalue weighted by Gasteiger charge is -2.34. The monoisotopic (exact) mass is 232 g/mol. The summed E-state index contributed by atoms with van der Waals surface area (Å²) in [5.41, 5.74) is 0. The highest BCUT2D eigenvalue weighted by molar-refractivity contribution is 6.28. The number of likely N-dealkylation sites (tertiary alicyclic amines) is 1. The molecule has 0 aliphatic carbocycles. The molecule has 1 fully saturated rings. The van der Waals surface area contributed by atoms with Crippen molar-refractivity contribution in [3.8, 4) is 0 Å². The molecule has 2 unspecified atom stereocenters. The first-order valence-electron chi connectivity index (χ1n) is 5.17. The van der Waals surface area contributed by atoms with Crippen LogP contribution in [0.4, 0.5) is 4.79 Å². The quantitative estimate of drug-likeness (QED) is 0.696. The van der Waals surface area contributed by atoms with Gasteiger partial charge < -0.3 is 4.90 Å². The largest absolute Gasteiger partial charge is 0.324 e. The summed E-state index contributed by atoms with van der Waals surface area (Å²) in [6, 6.07) is -0.320. The zero-order valence-electron chi connectivity index (χ0n) is 9.12. The van der Waals surface area contributed by atoms with E-state index in [-0.39, 0.29) is 11.9 Å². The van der Waals surface area contributed by atoms with Crippen molar-refractivity contribution in [3.05, 3.63) is 0 Å². The molecule has 5 heteroatoms. The van der Waals surface area contributed by atoms with Gasteiger partial charge in [0.2, 0.25) is 5.91 Å². The molecule has 1 heterocycles. The van der Waals surface area contributed by atoms with Crippen molar-refractivity contribution in [1.82, 2.24) is 10.2 Å². The van der Waals surface area contributed by atoms with E-state index in [4.69, 9.17) is 11.6 Å². The SMILES string of the molecule is CC1CC(C)CN(C(=O)NC(=O)CCl)C1. The molecule has 1 aliphatic heterocycles. The summed E-state index contributed by atoms with van der Waals surface area (Å²) in [7, 11) is 0. The Balaban J connectivity index is 2.48. The number of amides is 3. The van der Waals surface area contributed by atoms with Crippen molar-refractivity contribution < 1.29 is 9.59 Å². The number of halogens is 1. The second-order valence-corrected chi connectivity index (χ2v) is 4.61. The maximum absolute atomic E-state index is 11.6. The molecule has 1 N–H and O–H groups in total. The molecule has 3 amide bonds. The van der Waals surface area contributed by atoms with Crippen LogP contribution in [-0.2, 0) is 4.79 Å². The van der Waals surface area contributed by atoms with E-state index in [1.165, 1.54) is 0 Å². The van der Waals surface area contributed by atoms with Gasteiger partial charge in [-0.05, 0) is 18.3 Å². The Kier molecular flexibility index (Phi) is 4.39. The molecule has 0 spiro atoms. The van der Waals surface area contributed by atoms with Gasteiger partial charge in [-0.15, -0.1) is 11.6 Å². The maximum atomic E-state index is 11.6. The molecule has 1 saturated heterocycles. The Bertz CT molecular complexity index is 248. The van der Waals surface area contributed by atoms with Crippen LogP contribution in [0.2, 0.25) is 0 Å². The van der Waals surface area contributed by atoms with E-state index in [2.05, 4.69) is 19.2 Å². The fourth-order valence-electron chi connectivity index (χ4n) is 2.06. The van der Waals surface area contributed by atoms with Gasteiger partial charge in [-0.1, -0.05) is 13.8 Å². The number of imide groups is 1. The van der Waals surface area contributed by atoms with Gasteiger partial charge in [0, 0.05) is 13.1 Å². The number of alkyl halides is 1. The third-order valence-corrected chi connectivity index (χ3v) is 2.77. The molecule has 1 rings (SSSR count). The lowest BCUT2D eigenvalue weighted by molar-refractivity contribution is -0.117. The highest BCUT2D eigenvalue weighted by atomic mass is 35.5. The first kappa shape index (κ1) is 12.3. The molecule has 0 radical (unpaired) electrons.